The van der Waals surface area contributed by atoms with Crippen LogP contribution < -0.4 is 10.0 Å². The second-order valence-corrected chi connectivity index (χ2v) is 8.70. The summed E-state index contributed by atoms with van der Waals surface area (Å²) < 4.78 is 33.1. The lowest BCUT2D eigenvalue weighted by atomic mass is 10.1. The number of rotatable bonds is 5. The van der Waals surface area contributed by atoms with E-state index in [9.17, 15) is 13.2 Å². The second kappa shape index (κ2) is 8.37. The van der Waals surface area contributed by atoms with E-state index >= 15 is 0 Å². The molecule has 2 N–H and O–H groups in total. The molecule has 0 spiro atoms. The van der Waals surface area contributed by atoms with Gasteiger partial charge in [0.25, 0.3) is 0 Å². The molecule has 0 aromatic heterocycles. The summed E-state index contributed by atoms with van der Waals surface area (Å²) in [5.74, 6) is 0. The van der Waals surface area contributed by atoms with E-state index in [-0.39, 0.29) is 29.1 Å². The third kappa shape index (κ3) is 4.75. The van der Waals surface area contributed by atoms with Crippen LogP contribution in [0.5, 0.6) is 0 Å². The van der Waals surface area contributed by atoms with Crippen molar-refractivity contribution in [3.63, 3.8) is 0 Å². The van der Waals surface area contributed by atoms with Crippen LogP contribution in [0.15, 0.2) is 35.2 Å². The Kier molecular flexibility index (Phi) is 6.16. The molecule has 2 aliphatic rings. The summed E-state index contributed by atoms with van der Waals surface area (Å²) in [6.07, 6.45) is 3.32. The number of piperidine rings is 1. The number of hydrogen-bond donors (Lipinski definition) is 2. The number of nitrogens with one attached hydrogen (secondary N) is 2. The molecule has 26 heavy (non-hydrogen) atoms. The van der Waals surface area contributed by atoms with E-state index in [0.29, 0.717) is 25.9 Å². The van der Waals surface area contributed by atoms with Crippen molar-refractivity contribution in [2.75, 3.05) is 19.7 Å². The van der Waals surface area contributed by atoms with Gasteiger partial charge in [-0.05, 0) is 44.7 Å². The zero-order valence-corrected chi connectivity index (χ0v) is 15.9. The van der Waals surface area contributed by atoms with Gasteiger partial charge >= 0.3 is 6.03 Å². The molecule has 1 aromatic rings. The molecule has 0 aliphatic carbocycles. The number of carbonyl (C=O) groups excluding carboxylic acids is 1. The van der Waals surface area contributed by atoms with E-state index in [0.717, 1.165) is 19.4 Å². The first-order valence-electron chi connectivity index (χ1n) is 9.20. The quantitative estimate of drug-likeness (QED) is 0.813. The van der Waals surface area contributed by atoms with Crippen molar-refractivity contribution < 1.29 is 17.9 Å². The average molecular weight is 381 g/mol. The molecule has 8 heteroatoms. The first kappa shape index (κ1) is 19.1. The number of hydrogen-bond acceptors (Lipinski definition) is 4. The Balaban J connectivity index is 1.47. The summed E-state index contributed by atoms with van der Waals surface area (Å²) in [7, 11) is -3.51. The van der Waals surface area contributed by atoms with Crippen LogP contribution in [0, 0.1) is 0 Å². The smallest absolute Gasteiger partial charge is 0.317 e. The number of urea groups is 1. The van der Waals surface area contributed by atoms with E-state index in [2.05, 4.69) is 10.0 Å². The number of carbonyl (C=O) groups is 1. The molecule has 7 nitrogen and oxygen atoms in total. The fraction of sp³-hybridized carbons (Fsp3) is 0.611. The molecule has 0 unspecified atom stereocenters. The minimum absolute atomic E-state index is 0.0145. The van der Waals surface area contributed by atoms with Crippen LogP contribution in [-0.4, -0.2) is 57.2 Å². The molecule has 2 heterocycles. The van der Waals surface area contributed by atoms with Gasteiger partial charge in [0.1, 0.15) is 0 Å². The Morgan fingerprint density at radius 2 is 1.88 bits per heavy atom. The van der Waals surface area contributed by atoms with E-state index in [4.69, 9.17) is 4.74 Å². The van der Waals surface area contributed by atoms with Crippen LogP contribution in [0.2, 0.25) is 0 Å². The molecular formula is C18H27N3O4S. The first-order valence-corrected chi connectivity index (χ1v) is 10.7. The number of sulfonamides is 1. The standard InChI is InChI=1S/C18H27N3O4S/c1-14(17-8-5-13-25-17)19-18(22)21-11-9-15(10-12-21)20-26(23,24)16-6-3-2-4-7-16/h2-4,6-7,14-15,17,20H,5,8-13H2,1H3,(H,19,22)/t14-,17-/m1/s1. The number of nitrogens with zero attached hydrogens (tertiary/aromatic N) is 1. The van der Waals surface area contributed by atoms with Crippen molar-refractivity contribution in [1.29, 1.82) is 0 Å². The monoisotopic (exact) mass is 381 g/mol. The van der Waals surface area contributed by atoms with E-state index in [1.54, 1.807) is 35.2 Å². The third-order valence-electron chi connectivity index (χ3n) is 5.03. The highest BCUT2D eigenvalue weighted by molar-refractivity contribution is 7.89. The fourth-order valence-corrected chi connectivity index (χ4v) is 4.79. The van der Waals surface area contributed by atoms with Crippen LogP contribution in [-0.2, 0) is 14.8 Å². The van der Waals surface area contributed by atoms with Gasteiger partial charge in [-0.25, -0.2) is 17.9 Å². The maximum absolute atomic E-state index is 12.4. The topological polar surface area (TPSA) is 87.7 Å². The van der Waals surface area contributed by atoms with Crippen LogP contribution >= 0.6 is 0 Å². The highest BCUT2D eigenvalue weighted by atomic mass is 32.2. The Morgan fingerprint density at radius 1 is 1.19 bits per heavy atom. The highest BCUT2D eigenvalue weighted by Gasteiger charge is 2.29. The van der Waals surface area contributed by atoms with Crippen LogP contribution in [0.25, 0.3) is 0 Å². The molecule has 2 aliphatic heterocycles. The molecule has 144 valence electrons. The second-order valence-electron chi connectivity index (χ2n) is 6.99. The SMILES string of the molecule is C[C@@H](NC(=O)N1CCC(NS(=O)(=O)c2ccccc2)CC1)[C@H]1CCCO1. The van der Waals surface area contributed by atoms with Crippen molar-refractivity contribution >= 4 is 16.1 Å². The van der Waals surface area contributed by atoms with Gasteiger partial charge in [-0.15, -0.1) is 0 Å². The number of likely N-dealkylation sites (tertiary alicyclic amines) is 1. The van der Waals surface area contributed by atoms with Gasteiger partial charge in [0.15, 0.2) is 0 Å². The van der Waals surface area contributed by atoms with Gasteiger partial charge < -0.3 is 15.0 Å². The summed E-state index contributed by atoms with van der Waals surface area (Å²) in [6.45, 7) is 3.80. The van der Waals surface area contributed by atoms with Gasteiger partial charge in [-0.3, -0.25) is 0 Å². The van der Waals surface area contributed by atoms with Gasteiger partial charge in [0.05, 0.1) is 17.0 Å². The molecule has 3 rings (SSSR count). The molecule has 2 atom stereocenters. The van der Waals surface area contributed by atoms with E-state index < -0.39 is 10.0 Å². The molecule has 1 aromatic carbocycles. The summed E-state index contributed by atoms with van der Waals surface area (Å²) >= 11 is 0. The Morgan fingerprint density at radius 3 is 2.50 bits per heavy atom. The van der Waals surface area contributed by atoms with E-state index in [1.165, 1.54) is 0 Å². The van der Waals surface area contributed by atoms with Crippen LogP contribution in [0.1, 0.15) is 32.6 Å². The van der Waals surface area contributed by atoms with Gasteiger partial charge in [0.2, 0.25) is 10.0 Å². The molecule has 0 bridgehead atoms. The van der Waals surface area contributed by atoms with Crippen LogP contribution in [0.4, 0.5) is 4.79 Å². The minimum Gasteiger partial charge on any atom is -0.376 e. The van der Waals surface area contributed by atoms with E-state index in [1.807, 2.05) is 6.92 Å². The minimum atomic E-state index is -3.51. The Hall–Kier alpha value is -1.64. The lowest BCUT2D eigenvalue weighted by molar-refractivity contribution is 0.0824. The zero-order valence-electron chi connectivity index (χ0n) is 15.1. The summed E-state index contributed by atoms with van der Waals surface area (Å²) in [4.78, 5) is 14.4. The van der Waals surface area contributed by atoms with Gasteiger partial charge in [0, 0.05) is 25.7 Å². The summed E-state index contributed by atoms with van der Waals surface area (Å²) in [5, 5.41) is 3.00. The summed E-state index contributed by atoms with van der Waals surface area (Å²) in [6, 6.07) is 8.09. The van der Waals surface area contributed by atoms with Crippen molar-refractivity contribution in [2.24, 2.45) is 0 Å². The maximum Gasteiger partial charge on any atom is 0.317 e. The zero-order chi connectivity index (χ0) is 18.6. The highest BCUT2D eigenvalue weighted by Crippen LogP contribution is 2.17. The third-order valence-corrected chi connectivity index (χ3v) is 6.57. The lowest BCUT2D eigenvalue weighted by Crippen LogP contribution is -2.52. The Bertz CT molecular complexity index is 696. The number of ether oxygens (including phenoxy) is 1. The number of amides is 2. The lowest BCUT2D eigenvalue weighted by Gasteiger charge is -2.33. The predicted molar refractivity (Wildman–Crippen MR) is 98.3 cm³/mol. The predicted octanol–water partition coefficient (Wildman–Crippen LogP) is 1.71. The molecule has 0 radical (unpaired) electrons. The van der Waals surface area contributed by atoms with Crippen molar-refractivity contribution in [2.45, 2.75) is 55.7 Å². The molecular weight excluding hydrogens is 354 g/mol. The Labute approximate surface area is 155 Å². The fourth-order valence-electron chi connectivity index (χ4n) is 3.46. The van der Waals surface area contributed by atoms with Gasteiger partial charge in [-0.1, -0.05) is 18.2 Å². The van der Waals surface area contributed by atoms with Crippen molar-refractivity contribution in [3.8, 4) is 0 Å². The number of benzene rings is 1. The summed E-state index contributed by atoms with van der Waals surface area (Å²) in [5.41, 5.74) is 0. The van der Waals surface area contributed by atoms with Crippen molar-refractivity contribution in [3.05, 3.63) is 30.3 Å². The molecule has 2 fully saturated rings. The average Bonchev–Trinajstić information content (AvgIpc) is 3.17. The van der Waals surface area contributed by atoms with Gasteiger partial charge in [-0.2, -0.15) is 0 Å². The first-order chi connectivity index (χ1) is 12.5. The normalized spacial score (nSPS) is 23.0. The maximum atomic E-state index is 12.4. The molecule has 0 saturated carbocycles. The molecule has 2 amide bonds. The van der Waals surface area contributed by atoms with Crippen LogP contribution in [0.3, 0.4) is 0 Å². The molecule has 2 saturated heterocycles. The van der Waals surface area contributed by atoms with Crippen molar-refractivity contribution in [1.82, 2.24) is 14.9 Å². The largest absolute Gasteiger partial charge is 0.376 e.